The highest BCUT2D eigenvalue weighted by atomic mass is 35.5. The summed E-state index contributed by atoms with van der Waals surface area (Å²) in [5.41, 5.74) is 0.707. The normalized spacial score (nSPS) is 16.0. The zero-order chi connectivity index (χ0) is 18.0. The lowest BCUT2D eigenvalue weighted by Crippen LogP contribution is -2.48. The number of halogens is 1. The molecule has 1 heterocycles. The first-order valence-corrected chi connectivity index (χ1v) is 9.45. The molecule has 25 heavy (non-hydrogen) atoms. The van der Waals surface area contributed by atoms with Gasteiger partial charge in [-0.05, 0) is 24.3 Å². The molecule has 1 fully saturated rings. The van der Waals surface area contributed by atoms with Crippen LogP contribution in [0.25, 0.3) is 0 Å². The highest BCUT2D eigenvalue weighted by Gasteiger charge is 2.29. The van der Waals surface area contributed by atoms with Gasteiger partial charge in [-0.25, -0.2) is 8.42 Å². The summed E-state index contributed by atoms with van der Waals surface area (Å²) < 4.78 is 26.8. The summed E-state index contributed by atoms with van der Waals surface area (Å²) in [7, 11) is -3.76. The molecule has 2 aromatic carbocycles. The fraction of sp³-hybridized carbons (Fsp3) is 0.250. The molecule has 0 aromatic heterocycles. The molecule has 2 aromatic rings. The SMILES string of the molecule is O=[N+]([O-])c1cccc(S(=O)(=O)N2CCN(c3cccc(Cl)c3)CC2)c1. The maximum atomic E-state index is 12.7. The van der Waals surface area contributed by atoms with Crippen LogP contribution in [0.4, 0.5) is 11.4 Å². The van der Waals surface area contributed by atoms with Crippen LogP contribution in [0, 0.1) is 10.1 Å². The largest absolute Gasteiger partial charge is 0.369 e. The molecular formula is C16H16ClN3O4S. The third-order valence-corrected chi connectivity index (χ3v) is 6.21. The first-order chi connectivity index (χ1) is 11.9. The van der Waals surface area contributed by atoms with E-state index in [1.807, 2.05) is 18.2 Å². The fourth-order valence-corrected chi connectivity index (χ4v) is 4.41. The van der Waals surface area contributed by atoms with Gasteiger partial charge in [-0.3, -0.25) is 10.1 Å². The van der Waals surface area contributed by atoms with E-state index in [-0.39, 0.29) is 10.6 Å². The van der Waals surface area contributed by atoms with Crippen molar-refractivity contribution in [3.63, 3.8) is 0 Å². The first-order valence-electron chi connectivity index (χ1n) is 7.63. The van der Waals surface area contributed by atoms with Crippen LogP contribution in [0.3, 0.4) is 0 Å². The minimum atomic E-state index is -3.76. The van der Waals surface area contributed by atoms with E-state index in [4.69, 9.17) is 11.6 Å². The molecule has 1 aliphatic heterocycles. The molecule has 0 unspecified atom stereocenters. The number of piperazine rings is 1. The van der Waals surface area contributed by atoms with E-state index in [9.17, 15) is 18.5 Å². The number of nitro groups is 1. The molecule has 7 nitrogen and oxygen atoms in total. The molecule has 1 aliphatic rings. The molecule has 0 N–H and O–H groups in total. The number of nitro benzene ring substituents is 1. The molecule has 0 radical (unpaired) electrons. The molecule has 3 rings (SSSR count). The van der Waals surface area contributed by atoms with Crippen molar-refractivity contribution in [2.24, 2.45) is 0 Å². The number of non-ortho nitro benzene ring substituents is 1. The first kappa shape index (κ1) is 17.7. The van der Waals surface area contributed by atoms with E-state index in [0.717, 1.165) is 11.8 Å². The predicted molar refractivity (Wildman–Crippen MR) is 95.5 cm³/mol. The molecule has 1 saturated heterocycles. The molecule has 0 amide bonds. The Balaban J connectivity index is 1.75. The summed E-state index contributed by atoms with van der Waals surface area (Å²) >= 11 is 6.00. The quantitative estimate of drug-likeness (QED) is 0.600. The van der Waals surface area contributed by atoms with Crippen molar-refractivity contribution in [2.75, 3.05) is 31.1 Å². The minimum absolute atomic E-state index is 0.0575. The topological polar surface area (TPSA) is 83.8 Å². The van der Waals surface area contributed by atoms with E-state index < -0.39 is 14.9 Å². The molecule has 0 atom stereocenters. The number of hydrogen-bond donors (Lipinski definition) is 0. The van der Waals surface area contributed by atoms with Crippen molar-refractivity contribution in [3.8, 4) is 0 Å². The maximum Gasteiger partial charge on any atom is 0.270 e. The van der Waals surface area contributed by atoms with Crippen molar-refractivity contribution in [2.45, 2.75) is 4.90 Å². The van der Waals surface area contributed by atoms with Gasteiger partial charge in [0.05, 0.1) is 9.82 Å². The van der Waals surface area contributed by atoms with Crippen LogP contribution >= 0.6 is 11.6 Å². The van der Waals surface area contributed by atoms with Crippen molar-refractivity contribution in [1.29, 1.82) is 0 Å². The highest BCUT2D eigenvalue weighted by Crippen LogP contribution is 2.25. The maximum absolute atomic E-state index is 12.7. The molecule has 9 heteroatoms. The number of nitrogens with zero attached hydrogens (tertiary/aromatic N) is 3. The van der Waals surface area contributed by atoms with Crippen molar-refractivity contribution in [3.05, 3.63) is 63.7 Å². The van der Waals surface area contributed by atoms with Crippen LogP contribution in [0.5, 0.6) is 0 Å². The number of hydrogen-bond acceptors (Lipinski definition) is 5. The molecule has 0 bridgehead atoms. The number of anilines is 1. The summed E-state index contributed by atoms with van der Waals surface area (Å²) in [6.45, 7) is 1.65. The highest BCUT2D eigenvalue weighted by molar-refractivity contribution is 7.89. The van der Waals surface area contributed by atoms with Gasteiger partial charge >= 0.3 is 0 Å². The Morgan fingerprint density at radius 2 is 1.68 bits per heavy atom. The lowest BCUT2D eigenvalue weighted by molar-refractivity contribution is -0.385. The zero-order valence-corrected chi connectivity index (χ0v) is 14.8. The second kappa shape index (κ2) is 6.99. The Morgan fingerprint density at radius 1 is 1.00 bits per heavy atom. The van der Waals surface area contributed by atoms with Gasteiger partial charge in [-0.1, -0.05) is 23.7 Å². The average molecular weight is 382 g/mol. The Morgan fingerprint density at radius 3 is 2.32 bits per heavy atom. The molecule has 0 saturated carbocycles. The number of sulfonamides is 1. The summed E-state index contributed by atoms with van der Waals surface area (Å²) in [5.74, 6) is 0. The van der Waals surface area contributed by atoms with Gasteiger partial charge in [-0.15, -0.1) is 0 Å². The lowest BCUT2D eigenvalue weighted by Gasteiger charge is -2.35. The van der Waals surface area contributed by atoms with Crippen LogP contribution < -0.4 is 4.90 Å². The van der Waals surface area contributed by atoms with Crippen LogP contribution in [0.15, 0.2) is 53.4 Å². The Kier molecular flexibility index (Phi) is 4.94. The smallest absolute Gasteiger partial charge is 0.270 e. The van der Waals surface area contributed by atoms with Crippen molar-refractivity contribution < 1.29 is 13.3 Å². The lowest BCUT2D eigenvalue weighted by atomic mass is 10.2. The van der Waals surface area contributed by atoms with Crippen molar-refractivity contribution >= 4 is 33.0 Å². The standard InChI is InChI=1S/C16H16ClN3O4S/c17-13-3-1-4-14(11-13)18-7-9-19(10-8-18)25(23,24)16-6-2-5-15(12-16)20(21)22/h1-6,11-12H,7-10H2. The zero-order valence-electron chi connectivity index (χ0n) is 13.2. The number of benzene rings is 2. The van der Waals surface area contributed by atoms with Crippen LogP contribution in [0.2, 0.25) is 5.02 Å². The Bertz CT molecular complexity index is 896. The van der Waals surface area contributed by atoms with E-state index in [0.29, 0.717) is 31.2 Å². The summed E-state index contributed by atoms with van der Waals surface area (Å²) in [6.07, 6.45) is 0. The molecular weight excluding hydrogens is 366 g/mol. The van der Waals surface area contributed by atoms with Gasteiger partial charge in [0, 0.05) is 49.0 Å². The van der Waals surface area contributed by atoms with Gasteiger partial charge in [0.25, 0.3) is 5.69 Å². The second-order valence-electron chi connectivity index (χ2n) is 5.63. The van der Waals surface area contributed by atoms with E-state index >= 15 is 0 Å². The van der Waals surface area contributed by atoms with Crippen LogP contribution in [0.1, 0.15) is 0 Å². The van der Waals surface area contributed by atoms with E-state index in [1.54, 1.807) is 6.07 Å². The van der Waals surface area contributed by atoms with Gasteiger partial charge in [-0.2, -0.15) is 4.31 Å². The Labute approximate surface area is 150 Å². The molecule has 0 aliphatic carbocycles. The summed E-state index contributed by atoms with van der Waals surface area (Å²) in [6, 6.07) is 12.5. The van der Waals surface area contributed by atoms with Gasteiger partial charge < -0.3 is 4.90 Å². The molecule has 132 valence electrons. The predicted octanol–water partition coefficient (Wildman–Crippen LogP) is 2.76. The summed E-state index contributed by atoms with van der Waals surface area (Å²) in [5, 5.41) is 11.5. The third kappa shape index (κ3) is 3.76. The average Bonchev–Trinajstić information content (AvgIpc) is 2.62. The monoisotopic (exact) mass is 381 g/mol. The summed E-state index contributed by atoms with van der Waals surface area (Å²) in [4.78, 5) is 12.3. The second-order valence-corrected chi connectivity index (χ2v) is 8.00. The van der Waals surface area contributed by atoms with Gasteiger partial charge in [0.2, 0.25) is 10.0 Å². The van der Waals surface area contributed by atoms with Gasteiger partial charge in [0.1, 0.15) is 0 Å². The van der Waals surface area contributed by atoms with E-state index in [1.165, 1.54) is 22.5 Å². The number of rotatable bonds is 4. The molecule has 0 spiro atoms. The van der Waals surface area contributed by atoms with Crippen LogP contribution in [-0.2, 0) is 10.0 Å². The van der Waals surface area contributed by atoms with Crippen molar-refractivity contribution in [1.82, 2.24) is 4.31 Å². The van der Waals surface area contributed by atoms with Gasteiger partial charge in [0.15, 0.2) is 0 Å². The Hall–Kier alpha value is -2.16. The fourth-order valence-electron chi connectivity index (χ4n) is 2.77. The minimum Gasteiger partial charge on any atom is -0.369 e. The van der Waals surface area contributed by atoms with Crippen LogP contribution in [-0.4, -0.2) is 43.8 Å². The van der Waals surface area contributed by atoms with E-state index in [2.05, 4.69) is 4.90 Å². The third-order valence-electron chi connectivity index (χ3n) is 4.08.